The van der Waals surface area contributed by atoms with E-state index in [1.807, 2.05) is 49.1 Å². The van der Waals surface area contributed by atoms with Gasteiger partial charge >= 0.3 is 6.03 Å². The molecule has 1 atom stereocenters. The third-order valence-electron chi connectivity index (χ3n) is 3.89. The van der Waals surface area contributed by atoms with Crippen LogP contribution in [0.5, 0.6) is 0 Å². The molecule has 1 aliphatic heterocycles. The van der Waals surface area contributed by atoms with Crippen LogP contribution >= 0.6 is 0 Å². The third kappa shape index (κ3) is 2.77. The van der Waals surface area contributed by atoms with E-state index >= 15 is 0 Å². The van der Waals surface area contributed by atoms with Gasteiger partial charge in [-0.1, -0.05) is 23.4 Å². The summed E-state index contributed by atoms with van der Waals surface area (Å²) in [6, 6.07) is 9.62. The van der Waals surface area contributed by atoms with E-state index in [0.29, 0.717) is 0 Å². The number of carbonyl (C=O) groups excluding carboxylic acids is 1. The van der Waals surface area contributed by atoms with Gasteiger partial charge in [-0.05, 0) is 38.3 Å². The van der Waals surface area contributed by atoms with E-state index in [4.69, 9.17) is 4.52 Å². The molecule has 0 bridgehead atoms. The molecule has 0 spiro atoms. The van der Waals surface area contributed by atoms with Gasteiger partial charge in [0.1, 0.15) is 11.5 Å². The van der Waals surface area contributed by atoms with Gasteiger partial charge in [-0.2, -0.15) is 0 Å². The van der Waals surface area contributed by atoms with Crippen molar-refractivity contribution < 1.29 is 9.32 Å². The van der Waals surface area contributed by atoms with Crippen LogP contribution in [0.2, 0.25) is 0 Å². The van der Waals surface area contributed by atoms with Crippen LogP contribution in [-0.2, 0) is 0 Å². The third-order valence-corrected chi connectivity index (χ3v) is 3.89. The molecule has 1 aromatic carbocycles. The molecule has 1 fully saturated rings. The van der Waals surface area contributed by atoms with E-state index in [9.17, 15) is 4.79 Å². The number of likely N-dealkylation sites (tertiary alicyclic amines) is 1. The van der Waals surface area contributed by atoms with Crippen molar-refractivity contribution in [1.82, 2.24) is 10.1 Å². The molecular weight excluding hydrogens is 266 g/mol. The van der Waals surface area contributed by atoms with E-state index in [2.05, 4.69) is 10.5 Å². The van der Waals surface area contributed by atoms with Crippen molar-refractivity contribution in [3.8, 4) is 0 Å². The van der Waals surface area contributed by atoms with Gasteiger partial charge in [-0.25, -0.2) is 4.79 Å². The first-order valence-electron chi connectivity index (χ1n) is 7.21. The van der Waals surface area contributed by atoms with Crippen LogP contribution in [0.1, 0.15) is 35.9 Å². The molecule has 110 valence electrons. The van der Waals surface area contributed by atoms with Crippen molar-refractivity contribution in [1.29, 1.82) is 0 Å². The Morgan fingerprint density at radius 2 is 2.19 bits per heavy atom. The summed E-state index contributed by atoms with van der Waals surface area (Å²) < 4.78 is 5.13. The van der Waals surface area contributed by atoms with E-state index in [0.717, 1.165) is 42.1 Å². The average Bonchev–Trinajstić information content (AvgIpc) is 3.09. The molecule has 21 heavy (non-hydrogen) atoms. The SMILES string of the molecule is Cc1cc([C@@H]2CCCN2C(=O)Nc2ccccc2C)no1. The van der Waals surface area contributed by atoms with E-state index in [1.165, 1.54) is 0 Å². The molecule has 0 unspecified atom stereocenters. The molecule has 5 nitrogen and oxygen atoms in total. The molecule has 1 N–H and O–H groups in total. The number of carbonyl (C=O) groups is 1. The highest BCUT2D eigenvalue weighted by Gasteiger charge is 2.32. The summed E-state index contributed by atoms with van der Waals surface area (Å²) in [5.74, 6) is 0.774. The molecule has 0 saturated carbocycles. The number of para-hydroxylation sites is 1. The van der Waals surface area contributed by atoms with Crippen LogP contribution in [0.4, 0.5) is 10.5 Å². The van der Waals surface area contributed by atoms with Gasteiger partial charge in [0.2, 0.25) is 0 Å². The minimum absolute atomic E-state index is 0.00599. The Balaban J connectivity index is 1.76. The fourth-order valence-electron chi connectivity index (χ4n) is 2.76. The monoisotopic (exact) mass is 285 g/mol. The molecule has 1 aliphatic rings. The zero-order chi connectivity index (χ0) is 14.8. The van der Waals surface area contributed by atoms with Crippen molar-refractivity contribution in [2.75, 3.05) is 11.9 Å². The summed E-state index contributed by atoms with van der Waals surface area (Å²) in [6.45, 7) is 4.59. The van der Waals surface area contributed by atoms with Gasteiger partial charge in [0.25, 0.3) is 0 Å². The number of hydrogen-bond acceptors (Lipinski definition) is 3. The molecule has 1 aromatic heterocycles. The van der Waals surface area contributed by atoms with E-state index in [-0.39, 0.29) is 12.1 Å². The van der Waals surface area contributed by atoms with Crippen LogP contribution in [0.3, 0.4) is 0 Å². The van der Waals surface area contributed by atoms with Gasteiger partial charge in [0, 0.05) is 18.3 Å². The highest BCUT2D eigenvalue weighted by atomic mass is 16.5. The molecule has 3 rings (SSSR count). The molecule has 5 heteroatoms. The van der Waals surface area contributed by atoms with Gasteiger partial charge < -0.3 is 14.7 Å². The lowest BCUT2D eigenvalue weighted by molar-refractivity contribution is 0.204. The van der Waals surface area contributed by atoms with Crippen molar-refractivity contribution >= 4 is 11.7 Å². The Kier molecular flexibility index (Phi) is 3.64. The van der Waals surface area contributed by atoms with Gasteiger partial charge in [0.05, 0.1) is 6.04 Å². The van der Waals surface area contributed by atoms with Crippen molar-refractivity contribution in [2.45, 2.75) is 32.7 Å². The minimum atomic E-state index is -0.0764. The summed E-state index contributed by atoms with van der Waals surface area (Å²) >= 11 is 0. The van der Waals surface area contributed by atoms with Crippen LogP contribution in [0, 0.1) is 13.8 Å². The Bertz CT molecular complexity index is 650. The minimum Gasteiger partial charge on any atom is -0.361 e. The second-order valence-corrected chi connectivity index (χ2v) is 5.46. The Labute approximate surface area is 123 Å². The summed E-state index contributed by atoms with van der Waals surface area (Å²) in [5.41, 5.74) is 2.74. The molecule has 0 aliphatic carbocycles. The number of aryl methyl sites for hydroxylation is 2. The predicted molar refractivity (Wildman–Crippen MR) is 80.1 cm³/mol. The number of nitrogens with one attached hydrogen (secondary N) is 1. The second-order valence-electron chi connectivity index (χ2n) is 5.46. The van der Waals surface area contributed by atoms with Gasteiger partial charge in [-0.15, -0.1) is 0 Å². The number of nitrogens with zero attached hydrogens (tertiary/aromatic N) is 2. The fraction of sp³-hybridized carbons (Fsp3) is 0.375. The number of urea groups is 1. The molecule has 2 heterocycles. The first-order valence-corrected chi connectivity index (χ1v) is 7.21. The maximum absolute atomic E-state index is 12.5. The normalized spacial score (nSPS) is 18.0. The number of rotatable bonds is 2. The van der Waals surface area contributed by atoms with Crippen molar-refractivity contribution in [3.63, 3.8) is 0 Å². The average molecular weight is 285 g/mol. The molecule has 1 saturated heterocycles. The first-order chi connectivity index (χ1) is 10.1. The Morgan fingerprint density at radius 1 is 1.38 bits per heavy atom. The lowest BCUT2D eigenvalue weighted by Crippen LogP contribution is -2.34. The van der Waals surface area contributed by atoms with Crippen LogP contribution in [0.15, 0.2) is 34.9 Å². The van der Waals surface area contributed by atoms with Crippen molar-refractivity contribution in [2.24, 2.45) is 0 Å². The molecular formula is C16H19N3O2. The maximum atomic E-state index is 12.5. The van der Waals surface area contributed by atoms with E-state index < -0.39 is 0 Å². The van der Waals surface area contributed by atoms with Crippen LogP contribution in [0.25, 0.3) is 0 Å². The standard InChI is InChI=1S/C16H19N3O2/c1-11-6-3-4-7-13(11)17-16(20)19-9-5-8-15(19)14-10-12(2)21-18-14/h3-4,6-7,10,15H,5,8-9H2,1-2H3,(H,17,20)/t15-/m0/s1. The first kappa shape index (κ1) is 13.7. The van der Waals surface area contributed by atoms with Crippen LogP contribution < -0.4 is 5.32 Å². The number of amides is 2. The predicted octanol–water partition coefficient (Wildman–Crippen LogP) is 3.66. The molecule has 2 aromatic rings. The van der Waals surface area contributed by atoms with Gasteiger partial charge in [0.15, 0.2) is 0 Å². The van der Waals surface area contributed by atoms with Crippen LogP contribution in [-0.4, -0.2) is 22.6 Å². The lowest BCUT2D eigenvalue weighted by Gasteiger charge is -2.23. The summed E-state index contributed by atoms with van der Waals surface area (Å²) in [4.78, 5) is 14.4. The Hall–Kier alpha value is -2.30. The summed E-state index contributed by atoms with van der Waals surface area (Å²) in [7, 11) is 0. The zero-order valence-corrected chi connectivity index (χ0v) is 12.3. The highest BCUT2D eigenvalue weighted by molar-refractivity contribution is 5.90. The summed E-state index contributed by atoms with van der Waals surface area (Å²) in [6.07, 6.45) is 1.91. The van der Waals surface area contributed by atoms with Gasteiger partial charge in [-0.3, -0.25) is 0 Å². The number of benzene rings is 1. The smallest absolute Gasteiger partial charge is 0.322 e. The number of hydrogen-bond donors (Lipinski definition) is 1. The zero-order valence-electron chi connectivity index (χ0n) is 12.3. The Morgan fingerprint density at radius 3 is 2.90 bits per heavy atom. The molecule has 2 amide bonds. The number of anilines is 1. The lowest BCUT2D eigenvalue weighted by atomic mass is 10.1. The quantitative estimate of drug-likeness (QED) is 0.916. The summed E-state index contributed by atoms with van der Waals surface area (Å²) in [5, 5.41) is 7.05. The second kappa shape index (κ2) is 5.60. The molecule has 0 radical (unpaired) electrons. The fourth-order valence-corrected chi connectivity index (χ4v) is 2.76. The largest absolute Gasteiger partial charge is 0.361 e. The van der Waals surface area contributed by atoms with E-state index in [1.54, 1.807) is 0 Å². The number of aromatic nitrogens is 1. The van der Waals surface area contributed by atoms with Crippen molar-refractivity contribution in [3.05, 3.63) is 47.3 Å². The maximum Gasteiger partial charge on any atom is 0.322 e. The topological polar surface area (TPSA) is 58.4 Å². The highest BCUT2D eigenvalue weighted by Crippen LogP contribution is 2.32.